The van der Waals surface area contributed by atoms with Crippen LogP contribution in [0.1, 0.15) is 12.5 Å². The van der Waals surface area contributed by atoms with E-state index in [0.29, 0.717) is 11.9 Å². The number of hydrogen-bond donors (Lipinski definition) is 0. The summed E-state index contributed by atoms with van der Waals surface area (Å²) in [6.45, 7) is 2.58. The van der Waals surface area contributed by atoms with Crippen LogP contribution in [0.4, 0.5) is 0 Å². The van der Waals surface area contributed by atoms with Crippen molar-refractivity contribution < 1.29 is 4.74 Å². The number of rotatable bonds is 6. The van der Waals surface area contributed by atoms with Crippen molar-refractivity contribution in [3.63, 3.8) is 0 Å². The van der Waals surface area contributed by atoms with Gasteiger partial charge < -0.3 is 4.74 Å². The van der Waals surface area contributed by atoms with Crippen LogP contribution < -0.4 is 10.3 Å². The third-order valence-corrected chi connectivity index (χ3v) is 5.78. The average Bonchev–Trinajstić information content (AvgIpc) is 2.66. The summed E-state index contributed by atoms with van der Waals surface area (Å²) < 4.78 is 7.19. The van der Waals surface area contributed by atoms with Gasteiger partial charge in [0.05, 0.1) is 18.0 Å². The van der Waals surface area contributed by atoms with Crippen molar-refractivity contribution >= 4 is 34.4 Å². The molecule has 3 rings (SSSR count). The number of fused-ring (bicyclic) bond motifs is 1. The Morgan fingerprint density at radius 2 is 2.00 bits per heavy atom. The van der Waals surface area contributed by atoms with Crippen LogP contribution >= 0.6 is 23.5 Å². The number of hydrogen-bond acceptors (Lipinski definition) is 5. The maximum absolute atomic E-state index is 12.7. The van der Waals surface area contributed by atoms with Crippen LogP contribution in [-0.4, -0.2) is 22.9 Å². The van der Waals surface area contributed by atoms with Crippen LogP contribution in [0.2, 0.25) is 0 Å². The smallest absolute Gasteiger partial charge is 0.262 e. The zero-order valence-electron chi connectivity index (χ0n) is 14.5. The second-order valence-electron chi connectivity index (χ2n) is 5.44. The molecule has 0 saturated heterocycles. The van der Waals surface area contributed by atoms with E-state index >= 15 is 0 Å². The molecule has 0 saturated carbocycles. The third-order valence-electron chi connectivity index (χ3n) is 3.96. The first-order valence-electron chi connectivity index (χ1n) is 8.01. The lowest BCUT2D eigenvalue weighted by atomic mass is 10.2. The molecule has 4 nitrogen and oxygen atoms in total. The highest BCUT2D eigenvalue weighted by Crippen LogP contribution is 2.30. The van der Waals surface area contributed by atoms with Crippen molar-refractivity contribution in [1.29, 1.82) is 0 Å². The lowest BCUT2D eigenvalue weighted by Gasteiger charge is -2.12. The molecular formula is C19H20N2O2S2. The van der Waals surface area contributed by atoms with E-state index < -0.39 is 0 Å². The van der Waals surface area contributed by atoms with E-state index in [4.69, 9.17) is 4.74 Å². The van der Waals surface area contributed by atoms with Gasteiger partial charge in [0.15, 0.2) is 5.16 Å². The molecule has 0 aliphatic rings. The van der Waals surface area contributed by atoms with E-state index in [1.54, 1.807) is 35.2 Å². The second kappa shape index (κ2) is 7.97. The average molecular weight is 373 g/mol. The zero-order valence-corrected chi connectivity index (χ0v) is 16.1. The number of benzene rings is 2. The molecular weight excluding hydrogens is 352 g/mol. The van der Waals surface area contributed by atoms with E-state index in [1.165, 1.54) is 0 Å². The number of thioether (sulfide) groups is 2. The minimum atomic E-state index is 0.0194. The first-order valence-corrected chi connectivity index (χ1v) is 10.2. The Labute approximate surface area is 155 Å². The van der Waals surface area contributed by atoms with Gasteiger partial charge in [-0.1, -0.05) is 30.0 Å². The summed E-state index contributed by atoms with van der Waals surface area (Å²) in [7, 11) is 1.69. The minimum Gasteiger partial charge on any atom is -0.496 e. The molecule has 3 aromatic rings. The summed E-state index contributed by atoms with van der Waals surface area (Å²) in [5.41, 5.74) is 1.91. The summed E-state index contributed by atoms with van der Waals surface area (Å²) in [4.78, 5) is 18.5. The Morgan fingerprint density at radius 3 is 2.72 bits per heavy atom. The van der Waals surface area contributed by atoms with Gasteiger partial charge in [0.25, 0.3) is 5.56 Å². The molecule has 6 heteroatoms. The van der Waals surface area contributed by atoms with Crippen LogP contribution in [0.5, 0.6) is 5.75 Å². The molecule has 0 bridgehead atoms. The van der Waals surface area contributed by atoms with Crippen molar-refractivity contribution in [2.75, 3.05) is 13.4 Å². The summed E-state index contributed by atoms with van der Waals surface area (Å²) in [5.74, 6) is 1.61. The molecule has 0 fully saturated rings. The highest BCUT2D eigenvalue weighted by molar-refractivity contribution is 7.98. The summed E-state index contributed by atoms with van der Waals surface area (Å²) in [6.07, 6.45) is 2.03. The van der Waals surface area contributed by atoms with Crippen molar-refractivity contribution in [3.8, 4) is 5.75 Å². The number of nitrogens with zero attached hydrogens (tertiary/aromatic N) is 2. The summed E-state index contributed by atoms with van der Waals surface area (Å²) >= 11 is 3.24. The monoisotopic (exact) mass is 372 g/mol. The van der Waals surface area contributed by atoms with E-state index in [0.717, 1.165) is 32.6 Å². The maximum Gasteiger partial charge on any atom is 0.262 e. The van der Waals surface area contributed by atoms with Crippen molar-refractivity contribution in [3.05, 3.63) is 58.4 Å². The molecule has 2 aromatic carbocycles. The lowest BCUT2D eigenvalue weighted by Crippen LogP contribution is -2.22. The molecule has 0 atom stereocenters. The molecule has 0 aliphatic heterocycles. The fraction of sp³-hybridized carbons (Fsp3) is 0.263. The summed E-state index contributed by atoms with van der Waals surface area (Å²) in [6, 6.07) is 13.7. The number of ether oxygens (including phenoxy) is 1. The molecule has 0 radical (unpaired) electrons. The Morgan fingerprint density at radius 1 is 1.20 bits per heavy atom. The van der Waals surface area contributed by atoms with Gasteiger partial charge in [0.1, 0.15) is 5.75 Å². The van der Waals surface area contributed by atoms with Gasteiger partial charge >= 0.3 is 0 Å². The van der Waals surface area contributed by atoms with Gasteiger partial charge in [-0.3, -0.25) is 9.36 Å². The molecule has 1 heterocycles. The Kier molecular flexibility index (Phi) is 5.71. The van der Waals surface area contributed by atoms with Gasteiger partial charge in [0.2, 0.25) is 0 Å². The largest absolute Gasteiger partial charge is 0.496 e. The Balaban J connectivity index is 1.92. The molecule has 0 aliphatic carbocycles. The first kappa shape index (κ1) is 17.9. The van der Waals surface area contributed by atoms with E-state index in [1.807, 2.05) is 43.5 Å². The predicted octanol–water partition coefficient (Wildman–Crippen LogP) is 4.44. The van der Waals surface area contributed by atoms with Gasteiger partial charge in [-0.05, 0) is 43.0 Å². The molecule has 0 spiro atoms. The quantitative estimate of drug-likeness (QED) is 0.473. The van der Waals surface area contributed by atoms with Crippen LogP contribution in [0.25, 0.3) is 10.9 Å². The number of aromatic nitrogens is 2. The molecule has 0 unspecified atom stereocenters. The second-order valence-corrected chi connectivity index (χ2v) is 7.23. The lowest BCUT2D eigenvalue weighted by molar-refractivity contribution is 0.404. The topological polar surface area (TPSA) is 44.1 Å². The van der Waals surface area contributed by atoms with Gasteiger partial charge in [-0.15, -0.1) is 11.8 Å². The molecule has 130 valence electrons. The van der Waals surface area contributed by atoms with Crippen LogP contribution in [0, 0.1) is 0 Å². The zero-order chi connectivity index (χ0) is 17.8. The van der Waals surface area contributed by atoms with Crippen molar-refractivity contribution in [2.45, 2.75) is 29.3 Å². The third kappa shape index (κ3) is 3.70. The minimum absolute atomic E-state index is 0.0194. The predicted molar refractivity (Wildman–Crippen MR) is 106 cm³/mol. The van der Waals surface area contributed by atoms with Crippen LogP contribution in [0.3, 0.4) is 0 Å². The molecule has 0 N–H and O–H groups in total. The van der Waals surface area contributed by atoms with Gasteiger partial charge in [0, 0.05) is 17.2 Å². The Hall–Kier alpha value is -1.92. The molecule has 0 amide bonds. The Bertz CT molecular complexity index is 954. The highest BCUT2D eigenvalue weighted by atomic mass is 32.2. The summed E-state index contributed by atoms with van der Waals surface area (Å²) in [5, 5.41) is 1.42. The van der Waals surface area contributed by atoms with Gasteiger partial charge in [-0.2, -0.15) is 0 Å². The van der Waals surface area contributed by atoms with E-state index in [2.05, 4.69) is 17.1 Å². The van der Waals surface area contributed by atoms with Crippen LogP contribution in [-0.2, 0) is 12.3 Å². The number of para-hydroxylation sites is 1. The highest BCUT2D eigenvalue weighted by Gasteiger charge is 2.11. The van der Waals surface area contributed by atoms with Crippen molar-refractivity contribution in [1.82, 2.24) is 9.55 Å². The normalized spacial score (nSPS) is 11.0. The number of methoxy groups -OCH3 is 1. The van der Waals surface area contributed by atoms with Crippen LogP contribution in [0.15, 0.2) is 57.3 Å². The standard InChI is InChI=1S/C19H20N2O2S2/c1-4-21-18(22)14-7-5-6-8-15(14)20-19(21)25-12-13-9-10-17(24-3)16(11-13)23-2/h5-11H,4,12H2,1-3H3. The van der Waals surface area contributed by atoms with Gasteiger partial charge in [-0.25, -0.2) is 4.98 Å². The molecule has 1 aromatic heterocycles. The SMILES string of the molecule is CCn1c(SCc2ccc(SC)c(OC)c2)nc2ccccc2c1=O. The first-order chi connectivity index (χ1) is 12.2. The fourth-order valence-corrected chi connectivity index (χ4v) is 4.21. The van der Waals surface area contributed by atoms with E-state index in [-0.39, 0.29) is 5.56 Å². The fourth-order valence-electron chi connectivity index (χ4n) is 2.66. The van der Waals surface area contributed by atoms with E-state index in [9.17, 15) is 4.79 Å². The van der Waals surface area contributed by atoms with Crippen molar-refractivity contribution in [2.24, 2.45) is 0 Å². The maximum atomic E-state index is 12.7. The molecule has 25 heavy (non-hydrogen) atoms.